The molecular weight excluding hydrogens is 446 g/mol. The Morgan fingerprint density at radius 2 is 1.36 bits per heavy atom. The average Bonchev–Trinajstić information content (AvgIpc) is 3.60. The van der Waals surface area contributed by atoms with Gasteiger partial charge in [0, 0.05) is 37.3 Å². The Labute approximate surface area is 187 Å². The van der Waals surface area contributed by atoms with Crippen LogP contribution >= 0.6 is 0 Å². The molecule has 3 aliphatic rings. The van der Waals surface area contributed by atoms with Gasteiger partial charge in [0.15, 0.2) is 0 Å². The molecule has 3 fully saturated rings. The second kappa shape index (κ2) is 6.90. The highest BCUT2D eigenvalue weighted by Gasteiger charge is 2.87. The van der Waals surface area contributed by atoms with Crippen molar-refractivity contribution < 1.29 is 31.1 Å². The van der Waals surface area contributed by atoms with Gasteiger partial charge in [0.2, 0.25) is 5.91 Å². The van der Waals surface area contributed by atoms with E-state index in [-0.39, 0.29) is 11.3 Å². The van der Waals surface area contributed by atoms with E-state index in [1.54, 1.807) is 11.8 Å². The first-order valence-corrected chi connectivity index (χ1v) is 10.8. The third-order valence-electron chi connectivity index (χ3n) is 7.49. The predicted molar refractivity (Wildman–Crippen MR) is 110 cm³/mol. The zero-order valence-corrected chi connectivity index (χ0v) is 17.9. The van der Waals surface area contributed by atoms with Crippen molar-refractivity contribution in [3.05, 3.63) is 64.7 Å². The van der Waals surface area contributed by atoms with Crippen molar-refractivity contribution >= 4 is 11.6 Å². The van der Waals surface area contributed by atoms with Gasteiger partial charge in [-0.15, -0.1) is 0 Å². The van der Waals surface area contributed by atoms with Crippen LogP contribution in [0.1, 0.15) is 35.1 Å². The Hall–Kier alpha value is -2.71. The van der Waals surface area contributed by atoms with Crippen LogP contribution in [0.4, 0.5) is 32.0 Å². The molecule has 1 amide bonds. The van der Waals surface area contributed by atoms with E-state index in [1.165, 1.54) is 18.2 Å². The molecule has 1 heterocycles. The van der Waals surface area contributed by atoms with Gasteiger partial charge in [-0.25, -0.2) is 0 Å². The fourth-order valence-electron chi connectivity index (χ4n) is 5.28. The summed E-state index contributed by atoms with van der Waals surface area (Å²) in [5.41, 5.74) is -0.259. The molecule has 0 atom stereocenters. The largest absolute Gasteiger partial charge is 0.416 e. The van der Waals surface area contributed by atoms with Crippen molar-refractivity contribution in [2.24, 2.45) is 5.41 Å². The lowest BCUT2D eigenvalue weighted by atomic mass is 10.0. The number of halogens is 6. The number of anilines is 1. The fraction of sp³-hybridized carbons (Fsp3) is 0.458. The van der Waals surface area contributed by atoms with Crippen LogP contribution in [0.2, 0.25) is 0 Å². The van der Waals surface area contributed by atoms with E-state index in [0.717, 1.165) is 35.4 Å². The van der Waals surface area contributed by atoms with Gasteiger partial charge in [0.25, 0.3) is 0 Å². The molecule has 0 radical (unpaired) electrons. The molecule has 2 aromatic carbocycles. The molecule has 1 aliphatic heterocycles. The van der Waals surface area contributed by atoms with E-state index in [2.05, 4.69) is 0 Å². The van der Waals surface area contributed by atoms with Gasteiger partial charge in [-0.3, -0.25) is 4.79 Å². The number of alkyl halides is 6. The van der Waals surface area contributed by atoms with E-state index < -0.39 is 28.9 Å². The fourth-order valence-corrected chi connectivity index (χ4v) is 5.28. The summed E-state index contributed by atoms with van der Waals surface area (Å²) >= 11 is 0. The smallest absolute Gasteiger partial charge is 0.368 e. The summed E-state index contributed by atoms with van der Waals surface area (Å²) in [6.07, 6.45) is -7.54. The van der Waals surface area contributed by atoms with E-state index >= 15 is 0 Å². The Morgan fingerprint density at radius 3 is 1.91 bits per heavy atom. The van der Waals surface area contributed by atoms with Gasteiger partial charge in [0.05, 0.1) is 16.5 Å². The molecule has 2 aromatic rings. The van der Waals surface area contributed by atoms with E-state index in [4.69, 9.17) is 0 Å². The minimum absolute atomic E-state index is 0.00260. The van der Waals surface area contributed by atoms with Gasteiger partial charge < -0.3 is 9.80 Å². The van der Waals surface area contributed by atoms with Crippen molar-refractivity contribution in [1.82, 2.24) is 4.90 Å². The standard InChI is InChI=1S/C24H22F6N2O/c1-15-2-3-18(24(28,29)30)12-19(15)31-8-10-32(11-9-31)20(33)22-13-21(22,14-22)16-4-6-17(7-5-16)23(25,26)27/h2-7,12H,8-11,13-14H2,1H3/t21-,22+. The highest BCUT2D eigenvalue weighted by molar-refractivity contribution is 5.95. The van der Waals surface area contributed by atoms with Gasteiger partial charge in [-0.2, -0.15) is 26.3 Å². The molecule has 0 bridgehead atoms. The lowest BCUT2D eigenvalue weighted by molar-refractivity contribution is -0.138. The number of carbonyl (C=O) groups excluding carboxylic acids is 1. The number of piperazine rings is 1. The summed E-state index contributed by atoms with van der Waals surface area (Å²) in [5.74, 6) is 0.00260. The molecule has 0 N–H and O–H groups in total. The Bertz CT molecular complexity index is 1090. The second-order valence-electron chi connectivity index (χ2n) is 9.37. The summed E-state index contributed by atoms with van der Waals surface area (Å²) in [6.45, 7) is 3.42. The molecule has 0 spiro atoms. The predicted octanol–water partition coefficient (Wildman–Crippen LogP) is 5.41. The Morgan fingerprint density at radius 1 is 0.818 bits per heavy atom. The van der Waals surface area contributed by atoms with Crippen LogP contribution < -0.4 is 4.90 Å². The highest BCUT2D eigenvalue weighted by atomic mass is 19.4. The Kier molecular flexibility index (Phi) is 4.62. The summed E-state index contributed by atoms with van der Waals surface area (Å²) in [5, 5.41) is 0. The normalized spacial score (nSPS) is 26.8. The van der Waals surface area contributed by atoms with Crippen LogP contribution in [-0.2, 0) is 22.6 Å². The number of amides is 1. The lowest BCUT2D eigenvalue weighted by Gasteiger charge is -2.37. The lowest BCUT2D eigenvalue weighted by Crippen LogP contribution is -2.50. The number of benzene rings is 2. The van der Waals surface area contributed by atoms with Gasteiger partial charge in [-0.1, -0.05) is 18.2 Å². The maximum absolute atomic E-state index is 13.2. The van der Waals surface area contributed by atoms with Crippen molar-refractivity contribution in [1.29, 1.82) is 0 Å². The SMILES string of the molecule is Cc1ccc(C(F)(F)F)cc1N1CCN(C(=O)[C@]23C[C@@]2(c2ccc(C(F)(F)F)cc2)C3)CC1. The molecule has 0 aromatic heterocycles. The molecule has 0 unspecified atom stereocenters. The summed E-state index contributed by atoms with van der Waals surface area (Å²) < 4.78 is 77.8. The van der Waals surface area contributed by atoms with Crippen molar-refractivity contribution in [3.8, 4) is 0 Å². The number of carbonyl (C=O) groups is 1. The molecule has 9 heteroatoms. The number of hydrogen-bond acceptors (Lipinski definition) is 2. The monoisotopic (exact) mass is 468 g/mol. The third-order valence-corrected chi connectivity index (χ3v) is 7.49. The van der Waals surface area contributed by atoms with E-state index in [9.17, 15) is 31.1 Å². The molecule has 2 aliphatic carbocycles. The van der Waals surface area contributed by atoms with Crippen LogP contribution in [0.25, 0.3) is 0 Å². The van der Waals surface area contributed by atoms with Gasteiger partial charge in [0.1, 0.15) is 0 Å². The summed E-state index contributed by atoms with van der Waals surface area (Å²) in [4.78, 5) is 16.8. The van der Waals surface area contributed by atoms with Crippen LogP contribution in [0.15, 0.2) is 42.5 Å². The number of rotatable bonds is 3. The maximum atomic E-state index is 13.2. The average molecular weight is 468 g/mol. The second-order valence-corrected chi connectivity index (χ2v) is 9.37. The maximum Gasteiger partial charge on any atom is 0.416 e. The van der Waals surface area contributed by atoms with Gasteiger partial charge in [-0.05, 0) is 55.2 Å². The third kappa shape index (κ3) is 3.47. The number of aryl methyl sites for hydroxylation is 1. The summed E-state index contributed by atoms with van der Waals surface area (Å²) in [6, 6.07) is 8.75. The first kappa shape index (κ1) is 22.1. The number of hydrogen-bond donors (Lipinski definition) is 0. The number of nitrogens with zero attached hydrogens (tertiary/aromatic N) is 2. The van der Waals surface area contributed by atoms with E-state index in [0.29, 0.717) is 44.7 Å². The zero-order valence-electron chi connectivity index (χ0n) is 17.9. The molecule has 33 heavy (non-hydrogen) atoms. The first-order chi connectivity index (χ1) is 15.4. The van der Waals surface area contributed by atoms with Crippen LogP contribution in [0.3, 0.4) is 0 Å². The zero-order chi connectivity index (χ0) is 23.8. The minimum Gasteiger partial charge on any atom is -0.368 e. The quantitative estimate of drug-likeness (QED) is 0.563. The van der Waals surface area contributed by atoms with Crippen LogP contribution in [0, 0.1) is 12.3 Å². The van der Waals surface area contributed by atoms with E-state index in [1.807, 2.05) is 4.90 Å². The first-order valence-electron chi connectivity index (χ1n) is 10.8. The van der Waals surface area contributed by atoms with Crippen molar-refractivity contribution in [2.75, 3.05) is 31.1 Å². The molecule has 5 rings (SSSR count). The van der Waals surface area contributed by atoms with Crippen molar-refractivity contribution in [3.63, 3.8) is 0 Å². The summed E-state index contributed by atoms with van der Waals surface area (Å²) in [7, 11) is 0. The van der Waals surface area contributed by atoms with Gasteiger partial charge >= 0.3 is 12.4 Å². The number of fused-ring (bicyclic) bond motifs is 1. The molecular formula is C24H22F6N2O. The Balaban J connectivity index is 1.24. The molecule has 3 nitrogen and oxygen atoms in total. The van der Waals surface area contributed by atoms with Crippen molar-refractivity contribution in [2.45, 2.75) is 37.5 Å². The molecule has 176 valence electrons. The van der Waals surface area contributed by atoms with Crippen LogP contribution in [0.5, 0.6) is 0 Å². The molecule has 1 saturated heterocycles. The topological polar surface area (TPSA) is 23.6 Å². The minimum atomic E-state index is -4.42. The van der Waals surface area contributed by atoms with Crippen LogP contribution in [-0.4, -0.2) is 37.0 Å². The molecule has 2 saturated carbocycles. The highest BCUT2D eigenvalue weighted by Crippen LogP contribution is 2.86.